The quantitative estimate of drug-likeness (QED) is 0.723. The standard InChI is InChI=1S/C12H17FN2O2/c1-8(2)15-12(17)7-14-6-9-3-4-11(16)10(13)5-9/h3-5,8,14,16H,6-7H2,1-2H3,(H,15,17). The van der Waals surface area contributed by atoms with Gasteiger partial charge in [-0.05, 0) is 31.5 Å². The molecule has 0 aliphatic rings. The molecular weight excluding hydrogens is 223 g/mol. The van der Waals surface area contributed by atoms with Crippen molar-refractivity contribution < 1.29 is 14.3 Å². The third-order valence-electron chi connectivity index (χ3n) is 2.08. The topological polar surface area (TPSA) is 61.4 Å². The predicted molar refractivity (Wildman–Crippen MR) is 63.1 cm³/mol. The Kier molecular flexibility index (Phi) is 4.90. The second-order valence-electron chi connectivity index (χ2n) is 4.11. The highest BCUT2D eigenvalue weighted by Crippen LogP contribution is 2.15. The van der Waals surface area contributed by atoms with Crippen LogP contribution in [0.5, 0.6) is 5.75 Å². The van der Waals surface area contributed by atoms with Gasteiger partial charge >= 0.3 is 0 Å². The number of nitrogens with one attached hydrogen (secondary N) is 2. The molecule has 0 aliphatic carbocycles. The van der Waals surface area contributed by atoms with Crippen LogP contribution in [0.2, 0.25) is 0 Å². The molecule has 0 heterocycles. The highest BCUT2D eigenvalue weighted by molar-refractivity contribution is 5.78. The van der Waals surface area contributed by atoms with Crippen molar-refractivity contribution in [1.82, 2.24) is 10.6 Å². The Hall–Kier alpha value is -1.62. The van der Waals surface area contributed by atoms with Gasteiger partial charge in [0, 0.05) is 12.6 Å². The van der Waals surface area contributed by atoms with E-state index in [4.69, 9.17) is 5.11 Å². The minimum atomic E-state index is -0.657. The number of carbonyl (C=O) groups is 1. The highest BCUT2D eigenvalue weighted by atomic mass is 19.1. The Labute approximate surface area is 99.8 Å². The van der Waals surface area contributed by atoms with Crippen LogP contribution in [0.25, 0.3) is 0 Å². The molecule has 0 unspecified atom stereocenters. The molecule has 0 spiro atoms. The van der Waals surface area contributed by atoms with Gasteiger partial charge < -0.3 is 15.7 Å². The summed E-state index contributed by atoms with van der Waals surface area (Å²) < 4.78 is 13.0. The summed E-state index contributed by atoms with van der Waals surface area (Å²) in [4.78, 5) is 11.3. The van der Waals surface area contributed by atoms with Crippen molar-refractivity contribution >= 4 is 5.91 Å². The Balaban J connectivity index is 2.36. The lowest BCUT2D eigenvalue weighted by Crippen LogP contribution is -2.37. The minimum Gasteiger partial charge on any atom is -0.505 e. The van der Waals surface area contributed by atoms with E-state index in [-0.39, 0.29) is 24.2 Å². The van der Waals surface area contributed by atoms with Gasteiger partial charge in [-0.15, -0.1) is 0 Å². The predicted octanol–water partition coefficient (Wildman–Crippen LogP) is 1.15. The van der Waals surface area contributed by atoms with Crippen molar-refractivity contribution in [2.24, 2.45) is 0 Å². The molecule has 0 saturated heterocycles. The zero-order valence-electron chi connectivity index (χ0n) is 9.96. The highest BCUT2D eigenvalue weighted by Gasteiger charge is 2.04. The molecule has 94 valence electrons. The van der Waals surface area contributed by atoms with Crippen molar-refractivity contribution in [2.75, 3.05) is 6.54 Å². The minimum absolute atomic E-state index is 0.0979. The van der Waals surface area contributed by atoms with E-state index in [1.807, 2.05) is 13.8 Å². The second-order valence-corrected chi connectivity index (χ2v) is 4.11. The summed E-state index contributed by atoms with van der Waals surface area (Å²) in [6.07, 6.45) is 0. The van der Waals surface area contributed by atoms with E-state index in [0.29, 0.717) is 12.1 Å². The number of aromatic hydroxyl groups is 1. The fourth-order valence-corrected chi connectivity index (χ4v) is 1.35. The van der Waals surface area contributed by atoms with Crippen LogP contribution >= 0.6 is 0 Å². The molecule has 0 fully saturated rings. The van der Waals surface area contributed by atoms with Crippen LogP contribution < -0.4 is 10.6 Å². The monoisotopic (exact) mass is 240 g/mol. The molecule has 1 rings (SSSR count). The second kappa shape index (κ2) is 6.20. The zero-order valence-corrected chi connectivity index (χ0v) is 9.96. The molecule has 0 aromatic heterocycles. The van der Waals surface area contributed by atoms with E-state index < -0.39 is 5.82 Å². The number of phenolic OH excluding ortho intramolecular Hbond substituents is 1. The van der Waals surface area contributed by atoms with Crippen LogP contribution in [0, 0.1) is 5.82 Å². The van der Waals surface area contributed by atoms with Gasteiger partial charge in [-0.25, -0.2) is 4.39 Å². The Morgan fingerprint density at radius 1 is 1.47 bits per heavy atom. The Morgan fingerprint density at radius 2 is 2.18 bits per heavy atom. The maximum atomic E-state index is 13.0. The van der Waals surface area contributed by atoms with Gasteiger partial charge in [0.1, 0.15) is 0 Å². The smallest absolute Gasteiger partial charge is 0.234 e. The maximum absolute atomic E-state index is 13.0. The molecule has 0 bridgehead atoms. The van der Waals surface area contributed by atoms with Gasteiger partial charge in [0.05, 0.1) is 6.54 Å². The van der Waals surface area contributed by atoms with E-state index in [1.54, 1.807) is 6.07 Å². The first kappa shape index (κ1) is 13.4. The van der Waals surface area contributed by atoms with Crippen molar-refractivity contribution in [2.45, 2.75) is 26.4 Å². The van der Waals surface area contributed by atoms with Crippen LogP contribution in [0.4, 0.5) is 4.39 Å². The Bertz CT molecular complexity index is 394. The lowest BCUT2D eigenvalue weighted by atomic mass is 10.2. The maximum Gasteiger partial charge on any atom is 0.234 e. The average molecular weight is 240 g/mol. The van der Waals surface area contributed by atoms with E-state index in [0.717, 1.165) is 0 Å². The summed E-state index contributed by atoms with van der Waals surface area (Å²) in [5, 5.41) is 14.6. The molecule has 5 heteroatoms. The van der Waals surface area contributed by atoms with E-state index >= 15 is 0 Å². The van der Waals surface area contributed by atoms with Crippen LogP contribution in [0.3, 0.4) is 0 Å². The van der Waals surface area contributed by atoms with Crippen molar-refractivity contribution in [3.63, 3.8) is 0 Å². The summed E-state index contributed by atoms with van der Waals surface area (Å²) in [5.74, 6) is -1.12. The number of hydrogen-bond acceptors (Lipinski definition) is 3. The molecule has 0 radical (unpaired) electrons. The lowest BCUT2D eigenvalue weighted by Gasteiger charge is -2.09. The van der Waals surface area contributed by atoms with Gasteiger partial charge in [-0.2, -0.15) is 0 Å². The van der Waals surface area contributed by atoms with E-state index in [9.17, 15) is 9.18 Å². The lowest BCUT2D eigenvalue weighted by molar-refractivity contribution is -0.120. The molecular formula is C12H17FN2O2. The average Bonchev–Trinajstić information content (AvgIpc) is 2.22. The summed E-state index contributed by atoms with van der Waals surface area (Å²) in [7, 11) is 0. The van der Waals surface area contributed by atoms with Gasteiger partial charge in [0.15, 0.2) is 11.6 Å². The molecule has 0 saturated carbocycles. The summed E-state index contributed by atoms with van der Waals surface area (Å²) in [5.41, 5.74) is 0.678. The molecule has 0 atom stereocenters. The van der Waals surface area contributed by atoms with Gasteiger partial charge in [-0.3, -0.25) is 4.79 Å². The van der Waals surface area contributed by atoms with Crippen LogP contribution in [-0.4, -0.2) is 23.6 Å². The SMILES string of the molecule is CC(C)NC(=O)CNCc1ccc(O)c(F)c1. The van der Waals surface area contributed by atoms with Crippen molar-refractivity contribution in [3.05, 3.63) is 29.6 Å². The molecule has 1 amide bonds. The van der Waals surface area contributed by atoms with Crippen LogP contribution in [-0.2, 0) is 11.3 Å². The first-order valence-corrected chi connectivity index (χ1v) is 5.46. The number of phenols is 1. The molecule has 17 heavy (non-hydrogen) atoms. The first-order chi connectivity index (χ1) is 7.99. The molecule has 0 aliphatic heterocycles. The number of amides is 1. The van der Waals surface area contributed by atoms with Crippen LogP contribution in [0.15, 0.2) is 18.2 Å². The third kappa shape index (κ3) is 4.82. The van der Waals surface area contributed by atoms with E-state index in [1.165, 1.54) is 12.1 Å². The third-order valence-corrected chi connectivity index (χ3v) is 2.08. The zero-order chi connectivity index (χ0) is 12.8. The van der Waals surface area contributed by atoms with Gasteiger partial charge in [0.25, 0.3) is 0 Å². The normalized spacial score (nSPS) is 10.6. The number of benzene rings is 1. The largest absolute Gasteiger partial charge is 0.505 e. The first-order valence-electron chi connectivity index (χ1n) is 5.46. The van der Waals surface area contributed by atoms with Gasteiger partial charge in [-0.1, -0.05) is 6.07 Å². The molecule has 1 aromatic rings. The van der Waals surface area contributed by atoms with Crippen molar-refractivity contribution in [1.29, 1.82) is 0 Å². The fraction of sp³-hybridized carbons (Fsp3) is 0.417. The summed E-state index contributed by atoms with van der Waals surface area (Å²) >= 11 is 0. The molecule has 4 nitrogen and oxygen atoms in total. The van der Waals surface area contributed by atoms with Gasteiger partial charge in [0.2, 0.25) is 5.91 Å². The number of rotatable bonds is 5. The van der Waals surface area contributed by atoms with Crippen molar-refractivity contribution in [3.8, 4) is 5.75 Å². The number of halogens is 1. The van der Waals surface area contributed by atoms with Crippen LogP contribution in [0.1, 0.15) is 19.4 Å². The fourth-order valence-electron chi connectivity index (χ4n) is 1.35. The van der Waals surface area contributed by atoms with E-state index in [2.05, 4.69) is 10.6 Å². The Morgan fingerprint density at radius 3 is 2.76 bits per heavy atom. The number of carbonyl (C=O) groups excluding carboxylic acids is 1. The molecule has 1 aromatic carbocycles. The molecule has 3 N–H and O–H groups in total. The summed E-state index contributed by atoms with van der Waals surface area (Å²) in [6, 6.07) is 4.24. The number of hydrogen-bond donors (Lipinski definition) is 3. The summed E-state index contributed by atoms with van der Waals surface area (Å²) in [6.45, 7) is 4.32.